The van der Waals surface area contributed by atoms with Crippen LogP contribution in [-0.2, 0) is 14.4 Å². The fourth-order valence-corrected chi connectivity index (χ4v) is 0.846. The maximum Gasteiger partial charge on any atom is 0.254 e. The third-order valence-electron chi connectivity index (χ3n) is 1.40. The van der Waals surface area contributed by atoms with Crippen LogP contribution >= 0.6 is 0 Å². The molecule has 0 aromatic rings. The summed E-state index contributed by atoms with van der Waals surface area (Å²) in [7, 11) is 0. The van der Waals surface area contributed by atoms with Gasteiger partial charge in [0, 0.05) is 12.2 Å². The van der Waals surface area contributed by atoms with Crippen LogP contribution in [0.3, 0.4) is 0 Å². The summed E-state index contributed by atoms with van der Waals surface area (Å²) < 4.78 is 0. The van der Waals surface area contributed by atoms with E-state index in [1.54, 1.807) is 6.29 Å². The number of carbonyl (C=O) groups is 2. The van der Waals surface area contributed by atoms with Gasteiger partial charge in [-0.1, -0.05) is 0 Å². The van der Waals surface area contributed by atoms with Gasteiger partial charge in [-0.3, -0.25) is 19.3 Å². The van der Waals surface area contributed by atoms with E-state index in [4.69, 9.17) is 0 Å². The number of rotatable bonds is 2. The fraction of sp³-hybridized carbons (Fsp3) is 0.286. The Morgan fingerprint density at radius 2 is 1.82 bits per heavy atom. The summed E-state index contributed by atoms with van der Waals surface area (Å²) in [6.45, 7) is 1.44. The molecule has 11 heavy (non-hydrogen) atoms. The van der Waals surface area contributed by atoms with Crippen molar-refractivity contribution in [3.05, 3.63) is 12.2 Å². The molecular formula is C7H6NO3. The Balaban J connectivity index is 2.81. The predicted molar refractivity (Wildman–Crippen MR) is 36.1 cm³/mol. The molecular weight excluding hydrogens is 146 g/mol. The maximum absolute atomic E-state index is 10.8. The number of carbonyl (C=O) groups excluding carboxylic acids is 3. The van der Waals surface area contributed by atoms with Crippen LogP contribution in [0.15, 0.2) is 12.2 Å². The molecule has 0 saturated heterocycles. The third kappa shape index (κ3) is 1.19. The maximum atomic E-state index is 10.8. The lowest BCUT2D eigenvalue weighted by molar-refractivity contribution is -0.137. The van der Waals surface area contributed by atoms with Gasteiger partial charge in [0.1, 0.15) is 6.04 Å². The molecule has 1 aliphatic rings. The summed E-state index contributed by atoms with van der Waals surface area (Å²) in [5.41, 5.74) is 0. The molecule has 0 bridgehead atoms. The zero-order chi connectivity index (χ0) is 8.43. The minimum Gasteiger partial charge on any atom is -0.288 e. The second kappa shape index (κ2) is 2.65. The Bertz CT molecular complexity index is 226. The lowest BCUT2D eigenvalue weighted by Crippen LogP contribution is -2.38. The lowest BCUT2D eigenvalue weighted by atomic mass is 10.3. The molecule has 1 rings (SSSR count). The number of nitrogens with zero attached hydrogens (tertiary/aromatic N) is 1. The quantitative estimate of drug-likeness (QED) is 0.497. The summed E-state index contributed by atoms with van der Waals surface area (Å²) in [5, 5.41) is 0. The number of amides is 2. The summed E-state index contributed by atoms with van der Waals surface area (Å²) in [4.78, 5) is 32.6. The molecule has 0 aliphatic carbocycles. The predicted octanol–water partition coefficient (Wildman–Crippen LogP) is -0.590. The third-order valence-corrected chi connectivity index (χ3v) is 1.40. The van der Waals surface area contributed by atoms with E-state index in [1.807, 2.05) is 0 Å². The number of hydrogen-bond acceptors (Lipinski definition) is 3. The number of imide groups is 1. The molecule has 0 saturated carbocycles. The molecule has 0 fully saturated rings. The molecule has 1 unspecified atom stereocenters. The van der Waals surface area contributed by atoms with Crippen molar-refractivity contribution in [2.24, 2.45) is 0 Å². The smallest absolute Gasteiger partial charge is 0.254 e. The molecule has 1 atom stereocenters. The van der Waals surface area contributed by atoms with Gasteiger partial charge in [0.25, 0.3) is 11.8 Å². The Labute approximate surface area is 63.5 Å². The molecule has 4 nitrogen and oxygen atoms in total. The summed E-state index contributed by atoms with van der Waals surface area (Å²) in [6.07, 6.45) is 3.83. The van der Waals surface area contributed by atoms with Gasteiger partial charge in [0.15, 0.2) is 0 Å². The molecule has 1 radical (unpaired) electrons. The first-order valence-electron chi connectivity index (χ1n) is 3.09. The SMILES string of the molecule is CC([C]=O)N1C(=O)C=CC1=O. The van der Waals surface area contributed by atoms with Gasteiger partial charge >= 0.3 is 0 Å². The van der Waals surface area contributed by atoms with Crippen LogP contribution < -0.4 is 0 Å². The topological polar surface area (TPSA) is 54.5 Å². The summed E-state index contributed by atoms with van der Waals surface area (Å²) in [6, 6.07) is -0.787. The standard InChI is InChI=1S/C7H6NO3/c1-5(4-9)8-6(10)2-3-7(8)11/h2-3,5H,1H3. The van der Waals surface area contributed by atoms with E-state index in [-0.39, 0.29) is 0 Å². The van der Waals surface area contributed by atoms with Crippen LogP contribution in [-0.4, -0.2) is 29.0 Å². The van der Waals surface area contributed by atoms with Gasteiger partial charge in [-0.2, -0.15) is 0 Å². The van der Waals surface area contributed by atoms with E-state index in [2.05, 4.69) is 0 Å². The first kappa shape index (κ1) is 7.65. The van der Waals surface area contributed by atoms with Gasteiger partial charge in [0.2, 0.25) is 6.29 Å². The zero-order valence-corrected chi connectivity index (χ0v) is 5.90. The van der Waals surface area contributed by atoms with Crippen molar-refractivity contribution >= 4 is 18.1 Å². The molecule has 2 amide bonds. The average Bonchev–Trinajstić information content (AvgIpc) is 2.30. The van der Waals surface area contributed by atoms with E-state index in [0.717, 1.165) is 17.1 Å². The lowest BCUT2D eigenvalue weighted by Gasteiger charge is -2.15. The van der Waals surface area contributed by atoms with Crippen LogP contribution in [0.4, 0.5) is 0 Å². The van der Waals surface area contributed by atoms with Gasteiger partial charge in [-0.05, 0) is 6.92 Å². The molecule has 1 aliphatic heterocycles. The average molecular weight is 152 g/mol. The second-order valence-corrected chi connectivity index (χ2v) is 2.17. The van der Waals surface area contributed by atoms with Crippen LogP contribution in [0.2, 0.25) is 0 Å². The van der Waals surface area contributed by atoms with Gasteiger partial charge < -0.3 is 0 Å². The van der Waals surface area contributed by atoms with Gasteiger partial charge in [0.05, 0.1) is 0 Å². The highest BCUT2D eigenvalue weighted by molar-refractivity contribution is 6.14. The Morgan fingerprint density at radius 3 is 2.18 bits per heavy atom. The minimum absolute atomic E-state index is 0.453. The second-order valence-electron chi connectivity index (χ2n) is 2.17. The first-order chi connectivity index (χ1) is 5.16. The van der Waals surface area contributed by atoms with E-state index in [9.17, 15) is 14.4 Å². The van der Waals surface area contributed by atoms with Crippen molar-refractivity contribution < 1.29 is 14.4 Å². The molecule has 0 N–H and O–H groups in total. The highest BCUT2D eigenvalue weighted by Crippen LogP contribution is 2.06. The van der Waals surface area contributed by atoms with E-state index < -0.39 is 17.9 Å². The van der Waals surface area contributed by atoms with Gasteiger partial charge in [-0.15, -0.1) is 0 Å². The Hall–Kier alpha value is -1.45. The highest BCUT2D eigenvalue weighted by Gasteiger charge is 2.28. The van der Waals surface area contributed by atoms with E-state index >= 15 is 0 Å². The molecule has 57 valence electrons. The Kier molecular flexibility index (Phi) is 1.85. The van der Waals surface area contributed by atoms with E-state index in [0.29, 0.717) is 0 Å². The van der Waals surface area contributed by atoms with Crippen molar-refractivity contribution in [1.29, 1.82) is 0 Å². The summed E-state index contributed by atoms with van der Waals surface area (Å²) in [5.74, 6) is -0.906. The van der Waals surface area contributed by atoms with Crippen LogP contribution in [0.25, 0.3) is 0 Å². The van der Waals surface area contributed by atoms with Gasteiger partial charge in [-0.25, -0.2) is 0 Å². The molecule has 0 spiro atoms. The monoisotopic (exact) mass is 152 g/mol. The van der Waals surface area contributed by atoms with E-state index in [1.165, 1.54) is 6.92 Å². The largest absolute Gasteiger partial charge is 0.288 e. The fourth-order valence-electron chi connectivity index (χ4n) is 0.846. The van der Waals surface area contributed by atoms with Crippen molar-refractivity contribution in [3.63, 3.8) is 0 Å². The van der Waals surface area contributed by atoms with Crippen LogP contribution in [0.5, 0.6) is 0 Å². The Morgan fingerprint density at radius 1 is 1.36 bits per heavy atom. The normalized spacial score (nSPS) is 19.2. The molecule has 1 heterocycles. The number of hydrogen-bond donors (Lipinski definition) is 0. The van der Waals surface area contributed by atoms with Crippen molar-refractivity contribution in [1.82, 2.24) is 4.90 Å². The van der Waals surface area contributed by atoms with Crippen molar-refractivity contribution in [2.45, 2.75) is 13.0 Å². The van der Waals surface area contributed by atoms with Crippen molar-refractivity contribution in [3.8, 4) is 0 Å². The minimum atomic E-state index is -0.787. The van der Waals surface area contributed by atoms with Crippen molar-refractivity contribution in [2.75, 3.05) is 0 Å². The molecule has 0 aromatic heterocycles. The molecule has 0 aromatic carbocycles. The van der Waals surface area contributed by atoms with Crippen LogP contribution in [0, 0.1) is 0 Å². The highest BCUT2D eigenvalue weighted by atomic mass is 16.2. The van der Waals surface area contributed by atoms with Crippen LogP contribution in [0.1, 0.15) is 6.92 Å². The molecule has 4 heteroatoms. The first-order valence-corrected chi connectivity index (χ1v) is 3.09. The zero-order valence-electron chi connectivity index (χ0n) is 5.90. The summed E-state index contributed by atoms with van der Waals surface area (Å²) >= 11 is 0.